The highest BCUT2D eigenvalue weighted by atomic mass is 19.1. The highest BCUT2D eigenvalue weighted by Crippen LogP contribution is 2.26. The van der Waals surface area contributed by atoms with Gasteiger partial charge >= 0.3 is 5.97 Å². The summed E-state index contributed by atoms with van der Waals surface area (Å²) in [6.45, 7) is 1.72. The Labute approximate surface area is 133 Å². The topological polar surface area (TPSA) is 66.4 Å². The maximum atomic E-state index is 13.7. The summed E-state index contributed by atoms with van der Waals surface area (Å²) in [5, 5.41) is 11.8. The van der Waals surface area contributed by atoms with Crippen molar-refractivity contribution in [2.45, 2.75) is 51.0 Å². The summed E-state index contributed by atoms with van der Waals surface area (Å²) in [6.07, 6.45) is 2.51. The van der Waals surface area contributed by atoms with E-state index in [-0.39, 0.29) is 30.2 Å². The normalized spacial score (nSPS) is 22.4. The summed E-state index contributed by atoms with van der Waals surface area (Å²) in [5.41, 5.74) is 0.316. The molecule has 2 rings (SSSR count). The fourth-order valence-corrected chi connectivity index (χ4v) is 3.06. The zero-order valence-corrected chi connectivity index (χ0v) is 13.0. The van der Waals surface area contributed by atoms with E-state index in [2.05, 4.69) is 5.32 Å². The number of carboxylic acids is 1. The Morgan fingerprint density at radius 3 is 2.48 bits per heavy atom. The molecule has 1 amide bonds. The zero-order valence-electron chi connectivity index (χ0n) is 13.0. The number of halogens is 2. The van der Waals surface area contributed by atoms with Gasteiger partial charge in [-0.3, -0.25) is 9.59 Å². The molecule has 1 aliphatic carbocycles. The Morgan fingerprint density at radius 2 is 1.91 bits per heavy atom. The molecule has 0 aromatic heterocycles. The first-order chi connectivity index (χ1) is 10.9. The van der Waals surface area contributed by atoms with E-state index in [4.69, 9.17) is 5.11 Å². The average molecular weight is 325 g/mol. The van der Waals surface area contributed by atoms with E-state index in [0.717, 1.165) is 6.07 Å². The number of carbonyl (C=O) groups is 2. The van der Waals surface area contributed by atoms with Crippen LogP contribution in [0.15, 0.2) is 18.2 Å². The van der Waals surface area contributed by atoms with E-state index in [1.54, 1.807) is 6.92 Å². The molecule has 1 aliphatic rings. The molecule has 0 bridgehead atoms. The van der Waals surface area contributed by atoms with Gasteiger partial charge in [-0.15, -0.1) is 0 Å². The van der Waals surface area contributed by atoms with Gasteiger partial charge < -0.3 is 10.4 Å². The third-order valence-corrected chi connectivity index (χ3v) is 4.43. The highest BCUT2D eigenvalue weighted by Gasteiger charge is 2.27. The number of hydrogen-bond acceptors (Lipinski definition) is 2. The fourth-order valence-electron chi connectivity index (χ4n) is 3.06. The molecule has 6 heteroatoms. The van der Waals surface area contributed by atoms with Crippen molar-refractivity contribution >= 4 is 11.9 Å². The minimum atomic E-state index is -0.782. The number of hydrogen-bond donors (Lipinski definition) is 2. The Balaban J connectivity index is 1.84. The van der Waals surface area contributed by atoms with Crippen LogP contribution in [0.1, 0.15) is 50.5 Å². The van der Waals surface area contributed by atoms with Crippen LogP contribution in [-0.2, 0) is 9.59 Å². The molecule has 1 saturated carbocycles. The van der Waals surface area contributed by atoms with E-state index < -0.39 is 17.6 Å². The van der Waals surface area contributed by atoms with Gasteiger partial charge in [-0.1, -0.05) is 13.0 Å². The van der Waals surface area contributed by atoms with Gasteiger partial charge in [0.25, 0.3) is 0 Å². The minimum Gasteiger partial charge on any atom is -0.481 e. The molecular formula is C17H21F2NO3. The molecule has 23 heavy (non-hydrogen) atoms. The lowest BCUT2D eigenvalue weighted by molar-refractivity contribution is -0.142. The number of benzene rings is 1. The van der Waals surface area contributed by atoms with Crippen LogP contribution >= 0.6 is 0 Å². The number of carboxylic acid groups (broad SMARTS) is 1. The molecule has 0 radical (unpaired) electrons. The van der Waals surface area contributed by atoms with Gasteiger partial charge in [-0.05, 0) is 43.2 Å². The molecule has 126 valence electrons. The van der Waals surface area contributed by atoms with Crippen LogP contribution in [0.2, 0.25) is 0 Å². The van der Waals surface area contributed by atoms with Gasteiger partial charge in [0.1, 0.15) is 11.6 Å². The van der Waals surface area contributed by atoms with Gasteiger partial charge in [0.2, 0.25) is 5.91 Å². The monoisotopic (exact) mass is 325 g/mol. The molecule has 1 aromatic rings. The van der Waals surface area contributed by atoms with Crippen molar-refractivity contribution in [3.8, 4) is 0 Å². The molecule has 0 heterocycles. The summed E-state index contributed by atoms with van der Waals surface area (Å²) < 4.78 is 26.6. The van der Waals surface area contributed by atoms with E-state index in [0.29, 0.717) is 31.2 Å². The van der Waals surface area contributed by atoms with Crippen molar-refractivity contribution in [2.24, 2.45) is 5.92 Å². The Hall–Kier alpha value is -1.98. The second kappa shape index (κ2) is 7.53. The van der Waals surface area contributed by atoms with Gasteiger partial charge in [-0.2, -0.15) is 0 Å². The standard InChI is InChI=1S/C17H21F2NO3/c1-10(14-7-4-12(18)9-15(14)19)8-16(21)20-13-5-2-11(3-6-13)17(22)23/h4,7,9-11,13H,2-3,5-6,8H2,1H3,(H,20,21)(H,22,23). The van der Waals surface area contributed by atoms with Crippen molar-refractivity contribution in [2.75, 3.05) is 0 Å². The van der Waals surface area contributed by atoms with Gasteiger partial charge in [0.05, 0.1) is 5.92 Å². The largest absolute Gasteiger partial charge is 0.481 e. The summed E-state index contributed by atoms with van der Waals surface area (Å²) >= 11 is 0. The first-order valence-electron chi connectivity index (χ1n) is 7.84. The Bertz CT molecular complexity index is 583. The predicted octanol–water partition coefficient (Wildman–Crippen LogP) is 3.22. The van der Waals surface area contributed by atoms with Crippen molar-refractivity contribution in [3.05, 3.63) is 35.4 Å². The van der Waals surface area contributed by atoms with Crippen LogP contribution in [-0.4, -0.2) is 23.0 Å². The average Bonchev–Trinajstić information content (AvgIpc) is 2.47. The summed E-state index contributed by atoms with van der Waals surface area (Å²) in [4.78, 5) is 23.0. The first kappa shape index (κ1) is 17.4. The van der Waals surface area contributed by atoms with Crippen LogP contribution in [0.4, 0.5) is 8.78 Å². The molecule has 0 aliphatic heterocycles. The second-order valence-corrected chi connectivity index (χ2v) is 6.23. The van der Waals surface area contributed by atoms with Gasteiger partial charge in [0, 0.05) is 18.5 Å². The lowest BCUT2D eigenvalue weighted by Crippen LogP contribution is -2.39. The molecule has 2 N–H and O–H groups in total. The third-order valence-electron chi connectivity index (χ3n) is 4.43. The van der Waals surface area contributed by atoms with E-state index in [1.807, 2.05) is 0 Å². The number of amides is 1. The maximum Gasteiger partial charge on any atom is 0.306 e. The van der Waals surface area contributed by atoms with Crippen molar-refractivity contribution < 1.29 is 23.5 Å². The molecule has 4 nitrogen and oxygen atoms in total. The summed E-state index contributed by atoms with van der Waals surface area (Å²) in [5.74, 6) is -2.94. The number of nitrogens with one attached hydrogen (secondary N) is 1. The highest BCUT2D eigenvalue weighted by molar-refractivity contribution is 5.77. The molecular weight excluding hydrogens is 304 g/mol. The molecule has 0 spiro atoms. The molecule has 1 unspecified atom stereocenters. The van der Waals surface area contributed by atoms with Crippen LogP contribution in [0.3, 0.4) is 0 Å². The summed E-state index contributed by atoms with van der Waals surface area (Å²) in [6, 6.07) is 3.33. The van der Waals surface area contributed by atoms with E-state index >= 15 is 0 Å². The lowest BCUT2D eigenvalue weighted by Gasteiger charge is -2.27. The van der Waals surface area contributed by atoms with Crippen LogP contribution < -0.4 is 5.32 Å². The van der Waals surface area contributed by atoms with Gasteiger partial charge in [0.15, 0.2) is 0 Å². The second-order valence-electron chi connectivity index (χ2n) is 6.23. The summed E-state index contributed by atoms with van der Waals surface area (Å²) in [7, 11) is 0. The van der Waals surface area contributed by atoms with Crippen molar-refractivity contribution in [3.63, 3.8) is 0 Å². The minimum absolute atomic E-state index is 0.0247. The number of aliphatic carboxylic acids is 1. The Morgan fingerprint density at radius 1 is 1.26 bits per heavy atom. The molecule has 1 fully saturated rings. The van der Waals surface area contributed by atoms with Crippen molar-refractivity contribution in [1.29, 1.82) is 0 Å². The SMILES string of the molecule is CC(CC(=O)NC1CCC(C(=O)O)CC1)c1ccc(F)cc1F. The van der Waals surface area contributed by atoms with Crippen LogP contribution in [0.5, 0.6) is 0 Å². The quantitative estimate of drug-likeness (QED) is 0.873. The third kappa shape index (κ3) is 4.74. The molecule has 1 atom stereocenters. The molecule has 1 aromatic carbocycles. The predicted molar refractivity (Wildman–Crippen MR) is 80.9 cm³/mol. The van der Waals surface area contributed by atoms with Crippen LogP contribution in [0, 0.1) is 17.6 Å². The first-order valence-corrected chi connectivity index (χ1v) is 7.84. The lowest BCUT2D eigenvalue weighted by atomic mass is 9.86. The van der Waals surface area contributed by atoms with Crippen LogP contribution in [0.25, 0.3) is 0 Å². The van der Waals surface area contributed by atoms with E-state index in [9.17, 15) is 18.4 Å². The zero-order chi connectivity index (χ0) is 17.0. The maximum absolute atomic E-state index is 13.7. The number of carbonyl (C=O) groups excluding carboxylic acids is 1. The van der Waals surface area contributed by atoms with E-state index in [1.165, 1.54) is 12.1 Å². The Kier molecular flexibility index (Phi) is 5.69. The fraction of sp³-hybridized carbons (Fsp3) is 0.529. The van der Waals surface area contributed by atoms with Gasteiger partial charge in [-0.25, -0.2) is 8.78 Å². The van der Waals surface area contributed by atoms with Crippen molar-refractivity contribution in [1.82, 2.24) is 5.32 Å². The smallest absolute Gasteiger partial charge is 0.306 e. The number of rotatable bonds is 5. The molecule has 0 saturated heterocycles.